The molecule has 1 aliphatic heterocycles. The number of nitrogens with one attached hydrogen (secondary N) is 2. The van der Waals surface area contributed by atoms with Gasteiger partial charge in [-0.25, -0.2) is 0 Å². The second-order valence-corrected chi connectivity index (χ2v) is 7.24. The summed E-state index contributed by atoms with van der Waals surface area (Å²) < 4.78 is 0. The van der Waals surface area contributed by atoms with Gasteiger partial charge in [0.1, 0.15) is 0 Å². The van der Waals surface area contributed by atoms with Crippen LogP contribution < -0.4 is 5.32 Å². The van der Waals surface area contributed by atoms with Crippen LogP contribution in [0.4, 0.5) is 5.69 Å². The molecule has 3 aromatic rings. The number of aromatic amines is 1. The van der Waals surface area contributed by atoms with Gasteiger partial charge in [0.2, 0.25) is 0 Å². The monoisotopic (exact) mass is 365 g/mol. The predicted molar refractivity (Wildman–Crippen MR) is 103 cm³/mol. The van der Waals surface area contributed by atoms with E-state index in [9.17, 15) is 9.59 Å². The molecule has 2 N–H and O–H groups in total. The summed E-state index contributed by atoms with van der Waals surface area (Å²) in [6, 6.07) is 14.8. The van der Waals surface area contributed by atoms with Crippen LogP contribution >= 0.6 is 11.3 Å². The number of nitrogens with zero attached hydrogens (tertiary/aromatic N) is 1. The van der Waals surface area contributed by atoms with E-state index in [4.69, 9.17) is 0 Å². The Morgan fingerprint density at radius 1 is 1.12 bits per heavy atom. The molecule has 0 bridgehead atoms. The zero-order valence-electron chi connectivity index (χ0n) is 14.1. The maximum absolute atomic E-state index is 12.9. The second kappa shape index (κ2) is 7.17. The normalized spacial score (nSPS) is 16.6. The molecule has 1 aliphatic rings. The van der Waals surface area contributed by atoms with Gasteiger partial charge in [0.05, 0.1) is 10.9 Å². The number of hydrogen-bond donors (Lipinski definition) is 2. The van der Waals surface area contributed by atoms with Crippen molar-refractivity contribution in [2.24, 2.45) is 0 Å². The van der Waals surface area contributed by atoms with E-state index in [0.29, 0.717) is 16.1 Å². The quantitative estimate of drug-likeness (QED) is 0.724. The first-order valence-corrected chi connectivity index (χ1v) is 9.49. The molecule has 2 amide bonds. The molecule has 132 valence electrons. The average Bonchev–Trinajstić information content (AvgIpc) is 3.43. The van der Waals surface area contributed by atoms with E-state index >= 15 is 0 Å². The number of H-pyrrole nitrogens is 1. The van der Waals surface area contributed by atoms with E-state index in [1.54, 1.807) is 30.3 Å². The molecule has 2 aromatic heterocycles. The summed E-state index contributed by atoms with van der Waals surface area (Å²) in [5, 5.41) is 4.72. The molecule has 1 aromatic carbocycles. The number of likely N-dealkylation sites (tertiary alicyclic amines) is 1. The van der Waals surface area contributed by atoms with Gasteiger partial charge in [-0.2, -0.15) is 0 Å². The number of thiophene rings is 1. The minimum absolute atomic E-state index is 0.0261. The van der Waals surface area contributed by atoms with Crippen molar-refractivity contribution in [2.45, 2.75) is 18.9 Å². The van der Waals surface area contributed by atoms with E-state index in [2.05, 4.69) is 10.3 Å². The molecular formula is C20H19N3O2S. The van der Waals surface area contributed by atoms with Crippen LogP contribution in [0.2, 0.25) is 0 Å². The van der Waals surface area contributed by atoms with E-state index in [0.717, 1.165) is 25.1 Å². The van der Waals surface area contributed by atoms with Crippen molar-refractivity contribution >= 4 is 28.8 Å². The lowest BCUT2D eigenvalue weighted by Gasteiger charge is -2.24. The van der Waals surface area contributed by atoms with Crippen molar-refractivity contribution in [3.8, 4) is 0 Å². The molecule has 5 nitrogen and oxygen atoms in total. The summed E-state index contributed by atoms with van der Waals surface area (Å²) in [6.45, 7) is 0.763. The van der Waals surface area contributed by atoms with Crippen molar-refractivity contribution < 1.29 is 9.59 Å². The summed E-state index contributed by atoms with van der Waals surface area (Å²) in [6.07, 6.45) is 3.87. The number of anilines is 1. The number of carbonyl (C=O) groups is 2. The molecule has 1 fully saturated rings. The van der Waals surface area contributed by atoms with Crippen LogP contribution in [0.5, 0.6) is 0 Å². The smallest absolute Gasteiger partial charge is 0.265 e. The first-order valence-electron chi connectivity index (χ1n) is 8.61. The van der Waals surface area contributed by atoms with Gasteiger partial charge in [0.15, 0.2) is 0 Å². The zero-order chi connectivity index (χ0) is 17.9. The maximum Gasteiger partial charge on any atom is 0.265 e. The highest BCUT2D eigenvalue weighted by molar-refractivity contribution is 7.12. The number of benzene rings is 1. The van der Waals surface area contributed by atoms with Gasteiger partial charge in [-0.15, -0.1) is 11.3 Å². The minimum Gasteiger partial charge on any atom is -0.363 e. The van der Waals surface area contributed by atoms with Crippen LogP contribution in [0.1, 0.15) is 44.6 Å². The number of amides is 2. The Kier molecular flexibility index (Phi) is 4.58. The molecule has 6 heteroatoms. The predicted octanol–water partition coefficient (Wildman–Crippen LogP) is 4.31. The summed E-state index contributed by atoms with van der Waals surface area (Å²) in [5.74, 6) is -0.108. The third kappa shape index (κ3) is 3.28. The third-order valence-electron chi connectivity index (χ3n) is 4.63. The summed E-state index contributed by atoms with van der Waals surface area (Å²) in [5.41, 5.74) is 2.40. The molecule has 0 spiro atoms. The average molecular weight is 365 g/mol. The van der Waals surface area contributed by atoms with Gasteiger partial charge in [-0.05, 0) is 60.7 Å². The highest BCUT2D eigenvalue weighted by Gasteiger charge is 2.31. The van der Waals surface area contributed by atoms with Gasteiger partial charge >= 0.3 is 0 Å². The fourth-order valence-electron chi connectivity index (χ4n) is 3.35. The van der Waals surface area contributed by atoms with Crippen molar-refractivity contribution in [2.75, 3.05) is 11.9 Å². The molecule has 0 aliphatic carbocycles. The molecule has 3 heterocycles. The lowest BCUT2D eigenvalue weighted by atomic mass is 10.1. The van der Waals surface area contributed by atoms with Crippen LogP contribution in [-0.2, 0) is 0 Å². The van der Waals surface area contributed by atoms with Crippen molar-refractivity contribution in [1.29, 1.82) is 0 Å². The van der Waals surface area contributed by atoms with Crippen molar-refractivity contribution in [3.63, 3.8) is 0 Å². The number of aromatic nitrogens is 1. The van der Waals surface area contributed by atoms with Gasteiger partial charge in [0.25, 0.3) is 11.8 Å². The molecule has 1 atom stereocenters. The Labute approximate surface area is 155 Å². The SMILES string of the molecule is O=C(Nc1ccc(C(=O)N2CCCC2c2ccc[nH]2)cc1)c1cccs1. The molecule has 1 saturated heterocycles. The Balaban J connectivity index is 1.46. The second-order valence-electron chi connectivity index (χ2n) is 6.29. The van der Waals surface area contributed by atoms with Gasteiger partial charge < -0.3 is 15.2 Å². The number of carbonyl (C=O) groups excluding carboxylic acids is 2. The summed E-state index contributed by atoms with van der Waals surface area (Å²) in [7, 11) is 0. The molecule has 4 rings (SSSR count). The highest BCUT2D eigenvalue weighted by atomic mass is 32.1. The van der Waals surface area contributed by atoms with Crippen LogP contribution in [0.15, 0.2) is 60.1 Å². The Morgan fingerprint density at radius 2 is 1.96 bits per heavy atom. The highest BCUT2D eigenvalue weighted by Crippen LogP contribution is 2.32. The molecule has 0 radical (unpaired) electrons. The number of rotatable bonds is 4. The lowest BCUT2D eigenvalue weighted by Crippen LogP contribution is -2.30. The lowest BCUT2D eigenvalue weighted by molar-refractivity contribution is 0.0733. The minimum atomic E-state index is -0.134. The number of hydrogen-bond acceptors (Lipinski definition) is 3. The van der Waals surface area contributed by atoms with Crippen LogP contribution in [0, 0.1) is 0 Å². The van der Waals surface area contributed by atoms with Crippen molar-refractivity contribution in [1.82, 2.24) is 9.88 Å². The summed E-state index contributed by atoms with van der Waals surface area (Å²) in [4.78, 5) is 30.8. The van der Waals surface area contributed by atoms with Gasteiger partial charge in [-0.1, -0.05) is 6.07 Å². The van der Waals surface area contributed by atoms with E-state index in [1.807, 2.05) is 34.7 Å². The zero-order valence-corrected chi connectivity index (χ0v) is 15.0. The standard InChI is InChI=1S/C20H19N3O2S/c24-19(18-6-3-13-26-18)22-15-9-7-14(8-10-15)20(25)23-12-2-5-17(23)16-4-1-11-21-16/h1,3-4,6-11,13,17,21H,2,5,12H2,(H,22,24). The largest absolute Gasteiger partial charge is 0.363 e. The molecule has 0 saturated carbocycles. The molecular weight excluding hydrogens is 346 g/mol. The van der Waals surface area contributed by atoms with Crippen LogP contribution in [0.25, 0.3) is 0 Å². The van der Waals surface area contributed by atoms with Gasteiger partial charge in [0, 0.05) is 29.7 Å². The van der Waals surface area contributed by atoms with Gasteiger partial charge in [-0.3, -0.25) is 9.59 Å². The van der Waals surface area contributed by atoms with E-state index in [-0.39, 0.29) is 17.9 Å². The first kappa shape index (κ1) is 16.6. The first-order chi connectivity index (χ1) is 12.7. The summed E-state index contributed by atoms with van der Waals surface area (Å²) >= 11 is 1.40. The fraction of sp³-hybridized carbons (Fsp3) is 0.200. The Morgan fingerprint density at radius 3 is 2.65 bits per heavy atom. The molecule has 26 heavy (non-hydrogen) atoms. The Hall–Kier alpha value is -2.86. The van der Waals surface area contributed by atoms with Crippen LogP contribution in [-0.4, -0.2) is 28.2 Å². The molecule has 1 unspecified atom stereocenters. The van der Waals surface area contributed by atoms with E-state index in [1.165, 1.54) is 11.3 Å². The van der Waals surface area contributed by atoms with Crippen LogP contribution in [0.3, 0.4) is 0 Å². The van der Waals surface area contributed by atoms with E-state index < -0.39 is 0 Å². The fourth-order valence-corrected chi connectivity index (χ4v) is 3.97. The van der Waals surface area contributed by atoms with Crippen molar-refractivity contribution in [3.05, 3.63) is 76.2 Å². The maximum atomic E-state index is 12.9. The third-order valence-corrected chi connectivity index (χ3v) is 5.50. The topological polar surface area (TPSA) is 65.2 Å². The Bertz CT molecular complexity index is 886.